The van der Waals surface area contributed by atoms with Gasteiger partial charge in [0.05, 0.1) is 11.9 Å². The number of methoxy groups -OCH3 is 1. The Balaban J connectivity index is 1.96. The Morgan fingerprint density at radius 3 is 2.45 bits per heavy atom. The maximum Gasteiger partial charge on any atom is 0.254 e. The fourth-order valence-corrected chi connectivity index (χ4v) is 2.19. The minimum atomic E-state index is -0.762. The molecule has 0 aliphatic carbocycles. The highest BCUT2D eigenvalue weighted by molar-refractivity contribution is 5.84. The van der Waals surface area contributed by atoms with Crippen molar-refractivity contribution >= 4 is 17.4 Å². The number of hydrogen-bond acceptors (Lipinski definition) is 5. The lowest BCUT2D eigenvalue weighted by Crippen LogP contribution is -2.54. The first-order chi connectivity index (χ1) is 9.44. The second-order valence-electron chi connectivity index (χ2n) is 5.44. The summed E-state index contributed by atoms with van der Waals surface area (Å²) in [6.45, 7) is 6.48. The third-order valence-corrected chi connectivity index (χ3v) is 3.69. The van der Waals surface area contributed by atoms with Gasteiger partial charge in [0, 0.05) is 33.3 Å². The van der Waals surface area contributed by atoms with Crippen molar-refractivity contribution in [2.45, 2.75) is 19.4 Å². The fraction of sp³-hybridized carbons (Fsp3) is 0.571. The fourth-order valence-electron chi connectivity index (χ4n) is 2.19. The summed E-state index contributed by atoms with van der Waals surface area (Å²) in [6, 6.07) is 3.75. The van der Waals surface area contributed by atoms with E-state index in [0.717, 1.165) is 18.9 Å². The van der Waals surface area contributed by atoms with Gasteiger partial charge >= 0.3 is 0 Å². The van der Waals surface area contributed by atoms with Crippen LogP contribution in [0.3, 0.4) is 0 Å². The number of nitrogen functional groups attached to an aromatic ring is 1. The molecule has 0 unspecified atom stereocenters. The van der Waals surface area contributed by atoms with Gasteiger partial charge in [-0.1, -0.05) is 0 Å². The summed E-state index contributed by atoms with van der Waals surface area (Å²) >= 11 is 0. The maximum absolute atomic E-state index is 12.3. The van der Waals surface area contributed by atoms with Crippen LogP contribution in [0.2, 0.25) is 0 Å². The normalized spacial score (nSPS) is 16.4. The van der Waals surface area contributed by atoms with E-state index in [2.05, 4.69) is 9.88 Å². The second kappa shape index (κ2) is 5.66. The molecule has 1 fully saturated rings. The van der Waals surface area contributed by atoms with E-state index in [-0.39, 0.29) is 5.91 Å². The quantitative estimate of drug-likeness (QED) is 0.883. The summed E-state index contributed by atoms with van der Waals surface area (Å²) in [7, 11) is 1.56. The lowest BCUT2D eigenvalue weighted by molar-refractivity contribution is -0.151. The molecule has 0 radical (unpaired) electrons. The minimum absolute atomic E-state index is 0.0323. The third kappa shape index (κ3) is 3.01. The molecular formula is C14H22N4O2. The molecule has 1 aliphatic heterocycles. The van der Waals surface area contributed by atoms with Gasteiger partial charge in [0.25, 0.3) is 5.91 Å². The van der Waals surface area contributed by atoms with Gasteiger partial charge in [-0.15, -0.1) is 0 Å². The van der Waals surface area contributed by atoms with Crippen LogP contribution in [0.1, 0.15) is 13.8 Å². The Labute approximate surface area is 119 Å². The van der Waals surface area contributed by atoms with Crippen LogP contribution in [0.4, 0.5) is 11.5 Å². The first kappa shape index (κ1) is 14.6. The summed E-state index contributed by atoms with van der Waals surface area (Å²) < 4.78 is 5.25. The van der Waals surface area contributed by atoms with Gasteiger partial charge in [-0.25, -0.2) is 4.98 Å². The number of ether oxygens (including phenoxy) is 1. The van der Waals surface area contributed by atoms with Crippen LogP contribution in [0.15, 0.2) is 18.3 Å². The number of piperazine rings is 1. The Bertz CT molecular complexity index is 465. The van der Waals surface area contributed by atoms with Crippen LogP contribution in [-0.4, -0.2) is 54.7 Å². The van der Waals surface area contributed by atoms with E-state index < -0.39 is 5.60 Å². The molecule has 6 nitrogen and oxygen atoms in total. The van der Waals surface area contributed by atoms with E-state index in [4.69, 9.17) is 10.5 Å². The third-order valence-electron chi connectivity index (χ3n) is 3.69. The van der Waals surface area contributed by atoms with Gasteiger partial charge < -0.3 is 20.3 Å². The summed E-state index contributed by atoms with van der Waals surface area (Å²) in [5, 5.41) is 0. The predicted molar refractivity (Wildman–Crippen MR) is 78.5 cm³/mol. The number of amides is 1. The molecule has 2 heterocycles. The smallest absolute Gasteiger partial charge is 0.254 e. The molecule has 0 aromatic carbocycles. The van der Waals surface area contributed by atoms with Crippen molar-refractivity contribution < 1.29 is 9.53 Å². The average molecular weight is 278 g/mol. The molecule has 20 heavy (non-hydrogen) atoms. The summed E-state index contributed by atoms with van der Waals surface area (Å²) in [4.78, 5) is 20.6. The van der Waals surface area contributed by atoms with E-state index in [1.165, 1.54) is 0 Å². The topological polar surface area (TPSA) is 71.7 Å². The van der Waals surface area contributed by atoms with Crippen LogP contribution in [0, 0.1) is 0 Å². The Morgan fingerprint density at radius 1 is 1.30 bits per heavy atom. The van der Waals surface area contributed by atoms with Gasteiger partial charge in [-0.3, -0.25) is 4.79 Å². The van der Waals surface area contributed by atoms with Crippen LogP contribution >= 0.6 is 0 Å². The largest absolute Gasteiger partial charge is 0.397 e. The monoisotopic (exact) mass is 278 g/mol. The van der Waals surface area contributed by atoms with E-state index in [1.807, 2.05) is 17.0 Å². The molecule has 1 aromatic rings. The molecule has 0 bridgehead atoms. The minimum Gasteiger partial charge on any atom is -0.397 e. The highest BCUT2D eigenvalue weighted by atomic mass is 16.5. The molecule has 2 N–H and O–H groups in total. The second-order valence-corrected chi connectivity index (χ2v) is 5.44. The van der Waals surface area contributed by atoms with Crippen molar-refractivity contribution in [2.24, 2.45) is 0 Å². The van der Waals surface area contributed by atoms with E-state index >= 15 is 0 Å². The Morgan fingerprint density at radius 2 is 1.95 bits per heavy atom. The number of hydrogen-bond donors (Lipinski definition) is 1. The molecule has 0 spiro atoms. The molecule has 0 atom stereocenters. The summed E-state index contributed by atoms with van der Waals surface area (Å²) in [5.74, 6) is 0.933. The number of rotatable bonds is 3. The van der Waals surface area contributed by atoms with Gasteiger partial charge in [0.15, 0.2) is 0 Å². The average Bonchev–Trinajstić information content (AvgIpc) is 2.47. The van der Waals surface area contributed by atoms with E-state index in [0.29, 0.717) is 18.8 Å². The standard InChI is InChI=1S/C14H22N4O2/c1-14(2,20-3)13(19)18-8-6-17(7-9-18)12-5-4-11(15)10-16-12/h4-5,10H,6-9,15H2,1-3H3. The van der Waals surface area contributed by atoms with Gasteiger partial charge in [-0.05, 0) is 26.0 Å². The molecule has 1 amide bonds. The molecule has 110 valence electrons. The van der Waals surface area contributed by atoms with Gasteiger partial charge in [0.1, 0.15) is 11.4 Å². The number of carbonyl (C=O) groups excluding carboxylic acids is 1. The number of carbonyl (C=O) groups is 1. The zero-order valence-corrected chi connectivity index (χ0v) is 12.3. The molecule has 1 aliphatic rings. The van der Waals surface area contributed by atoms with Crippen molar-refractivity contribution in [3.63, 3.8) is 0 Å². The first-order valence-corrected chi connectivity index (χ1v) is 6.75. The van der Waals surface area contributed by atoms with Crippen LogP contribution in [-0.2, 0) is 9.53 Å². The Kier molecular flexibility index (Phi) is 4.13. The molecule has 1 saturated heterocycles. The summed E-state index contributed by atoms with van der Waals surface area (Å²) in [6.07, 6.45) is 1.65. The van der Waals surface area contributed by atoms with Crippen molar-refractivity contribution in [3.8, 4) is 0 Å². The van der Waals surface area contributed by atoms with Crippen molar-refractivity contribution in [2.75, 3.05) is 43.9 Å². The van der Waals surface area contributed by atoms with Gasteiger partial charge in [-0.2, -0.15) is 0 Å². The first-order valence-electron chi connectivity index (χ1n) is 6.75. The highest BCUT2D eigenvalue weighted by Crippen LogP contribution is 2.18. The summed E-state index contributed by atoms with van der Waals surface area (Å²) in [5.41, 5.74) is 5.53. The SMILES string of the molecule is COC(C)(C)C(=O)N1CCN(c2ccc(N)cn2)CC1. The number of anilines is 2. The molecular weight excluding hydrogens is 256 g/mol. The van der Waals surface area contributed by atoms with Gasteiger partial charge in [0.2, 0.25) is 0 Å². The predicted octanol–water partition coefficient (Wildman–Crippen LogP) is 0.737. The molecule has 0 saturated carbocycles. The lowest BCUT2D eigenvalue weighted by Gasteiger charge is -2.38. The lowest BCUT2D eigenvalue weighted by atomic mass is 10.1. The molecule has 1 aromatic heterocycles. The zero-order valence-electron chi connectivity index (χ0n) is 12.3. The van der Waals surface area contributed by atoms with Crippen molar-refractivity contribution in [1.29, 1.82) is 0 Å². The molecule has 6 heteroatoms. The number of nitrogens with two attached hydrogens (primary N) is 1. The Hall–Kier alpha value is -1.82. The van der Waals surface area contributed by atoms with E-state index in [1.54, 1.807) is 27.2 Å². The van der Waals surface area contributed by atoms with Crippen LogP contribution in [0.25, 0.3) is 0 Å². The molecule has 2 rings (SSSR count). The zero-order chi connectivity index (χ0) is 14.8. The van der Waals surface area contributed by atoms with Crippen LogP contribution in [0.5, 0.6) is 0 Å². The highest BCUT2D eigenvalue weighted by Gasteiger charge is 2.33. The van der Waals surface area contributed by atoms with E-state index in [9.17, 15) is 4.79 Å². The number of nitrogens with zero attached hydrogens (tertiary/aromatic N) is 3. The van der Waals surface area contributed by atoms with Crippen molar-refractivity contribution in [1.82, 2.24) is 9.88 Å². The number of aromatic nitrogens is 1. The number of pyridine rings is 1. The van der Waals surface area contributed by atoms with Crippen LogP contribution < -0.4 is 10.6 Å². The maximum atomic E-state index is 12.3. The van der Waals surface area contributed by atoms with Crippen molar-refractivity contribution in [3.05, 3.63) is 18.3 Å².